The summed E-state index contributed by atoms with van der Waals surface area (Å²) in [5.74, 6) is 0.693. The molecule has 1 aliphatic carbocycles. The quantitative estimate of drug-likeness (QED) is 0.825. The van der Waals surface area contributed by atoms with Gasteiger partial charge in [0.15, 0.2) is 0 Å². The van der Waals surface area contributed by atoms with Crippen LogP contribution in [0.4, 0.5) is 5.82 Å². The molecular formula is C14H13N3O. The molecule has 2 aromatic heterocycles. The summed E-state index contributed by atoms with van der Waals surface area (Å²) in [6.07, 6.45) is 7.06. The van der Waals surface area contributed by atoms with Gasteiger partial charge in [-0.05, 0) is 37.1 Å². The highest BCUT2D eigenvalue weighted by Crippen LogP contribution is 2.31. The Morgan fingerprint density at radius 1 is 1.17 bits per heavy atom. The van der Waals surface area contributed by atoms with E-state index in [1.807, 2.05) is 18.2 Å². The minimum Gasteiger partial charge on any atom is -0.290 e. The van der Waals surface area contributed by atoms with Gasteiger partial charge in [-0.1, -0.05) is 6.07 Å². The molecule has 1 fully saturated rings. The van der Waals surface area contributed by atoms with E-state index in [1.54, 1.807) is 35.6 Å². The highest BCUT2D eigenvalue weighted by atomic mass is 16.2. The van der Waals surface area contributed by atoms with Crippen LogP contribution in [0.15, 0.2) is 48.9 Å². The largest absolute Gasteiger partial charge is 0.290 e. The number of hydrogen-bond acceptors (Lipinski definition) is 3. The van der Waals surface area contributed by atoms with Gasteiger partial charge in [0.1, 0.15) is 5.82 Å². The fraction of sp³-hybridized carbons (Fsp3) is 0.214. The lowest BCUT2D eigenvalue weighted by Crippen LogP contribution is -2.33. The molecule has 0 spiro atoms. The van der Waals surface area contributed by atoms with Crippen molar-refractivity contribution in [3.8, 4) is 0 Å². The maximum atomic E-state index is 12.5. The van der Waals surface area contributed by atoms with Crippen LogP contribution in [0.3, 0.4) is 0 Å². The monoisotopic (exact) mass is 239 g/mol. The molecule has 0 unspecified atom stereocenters. The van der Waals surface area contributed by atoms with E-state index < -0.39 is 0 Å². The predicted octanol–water partition coefficient (Wildman–Crippen LogP) is 2.29. The van der Waals surface area contributed by atoms with E-state index in [0.717, 1.165) is 12.8 Å². The Bertz CT molecular complexity index is 537. The Morgan fingerprint density at radius 3 is 2.67 bits per heavy atom. The van der Waals surface area contributed by atoms with Crippen LogP contribution in [0.1, 0.15) is 23.2 Å². The van der Waals surface area contributed by atoms with Gasteiger partial charge in [0.2, 0.25) is 0 Å². The van der Waals surface area contributed by atoms with Crippen molar-refractivity contribution in [2.45, 2.75) is 18.9 Å². The van der Waals surface area contributed by atoms with E-state index in [-0.39, 0.29) is 11.9 Å². The number of anilines is 1. The molecule has 0 aromatic carbocycles. The summed E-state index contributed by atoms with van der Waals surface area (Å²) < 4.78 is 0. The maximum Gasteiger partial charge on any atom is 0.261 e. The second-order valence-corrected chi connectivity index (χ2v) is 4.34. The van der Waals surface area contributed by atoms with Gasteiger partial charge in [-0.2, -0.15) is 0 Å². The van der Waals surface area contributed by atoms with E-state index in [1.165, 1.54) is 0 Å². The summed E-state index contributed by atoms with van der Waals surface area (Å²) in [4.78, 5) is 22.5. The molecule has 0 N–H and O–H groups in total. The Morgan fingerprint density at radius 2 is 2.06 bits per heavy atom. The molecule has 3 rings (SSSR count). The first-order valence-electron chi connectivity index (χ1n) is 6.01. The van der Waals surface area contributed by atoms with E-state index in [2.05, 4.69) is 9.97 Å². The molecule has 1 saturated carbocycles. The summed E-state index contributed by atoms with van der Waals surface area (Å²) in [5.41, 5.74) is 0.607. The first-order chi connectivity index (χ1) is 8.86. The van der Waals surface area contributed by atoms with Crippen molar-refractivity contribution < 1.29 is 4.79 Å². The van der Waals surface area contributed by atoms with Crippen LogP contribution >= 0.6 is 0 Å². The van der Waals surface area contributed by atoms with Gasteiger partial charge < -0.3 is 0 Å². The number of rotatable bonds is 3. The zero-order valence-electron chi connectivity index (χ0n) is 9.86. The fourth-order valence-corrected chi connectivity index (χ4v) is 1.91. The molecule has 0 bridgehead atoms. The van der Waals surface area contributed by atoms with Crippen molar-refractivity contribution in [1.82, 2.24) is 9.97 Å². The van der Waals surface area contributed by atoms with Crippen LogP contribution in [0.5, 0.6) is 0 Å². The molecule has 1 amide bonds. The van der Waals surface area contributed by atoms with Gasteiger partial charge in [-0.25, -0.2) is 4.98 Å². The van der Waals surface area contributed by atoms with Gasteiger partial charge in [0, 0.05) is 24.6 Å². The Labute approximate surface area is 105 Å². The van der Waals surface area contributed by atoms with Gasteiger partial charge >= 0.3 is 0 Å². The van der Waals surface area contributed by atoms with Crippen molar-refractivity contribution in [3.63, 3.8) is 0 Å². The number of carbonyl (C=O) groups excluding carboxylic acids is 1. The number of hydrogen-bond donors (Lipinski definition) is 0. The maximum absolute atomic E-state index is 12.5. The van der Waals surface area contributed by atoms with E-state index >= 15 is 0 Å². The molecule has 0 aliphatic heterocycles. The molecule has 0 atom stereocenters. The van der Waals surface area contributed by atoms with E-state index in [0.29, 0.717) is 11.4 Å². The van der Waals surface area contributed by atoms with Gasteiger partial charge in [-0.15, -0.1) is 0 Å². The van der Waals surface area contributed by atoms with Crippen LogP contribution in [0, 0.1) is 0 Å². The first-order valence-corrected chi connectivity index (χ1v) is 6.01. The highest BCUT2D eigenvalue weighted by Gasteiger charge is 2.34. The van der Waals surface area contributed by atoms with Crippen LogP contribution in [-0.4, -0.2) is 21.9 Å². The van der Waals surface area contributed by atoms with Crippen molar-refractivity contribution in [3.05, 3.63) is 54.5 Å². The molecule has 4 nitrogen and oxygen atoms in total. The number of pyridine rings is 2. The van der Waals surface area contributed by atoms with E-state index in [4.69, 9.17) is 0 Å². The molecule has 4 heteroatoms. The zero-order valence-corrected chi connectivity index (χ0v) is 9.86. The van der Waals surface area contributed by atoms with Crippen molar-refractivity contribution >= 4 is 11.7 Å². The molecule has 90 valence electrons. The standard InChI is InChI=1S/C14H13N3O/c18-14(11-4-3-8-15-10-11)17(12-6-7-12)13-5-1-2-9-16-13/h1-5,8-10,12H,6-7H2. The summed E-state index contributed by atoms with van der Waals surface area (Å²) in [7, 11) is 0. The lowest BCUT2D eigenvalue weighted by atomic mass is 10.2. The van der Waals surface area contributed by atoms with Crippen LogP contribution in [0.2, 0.25) is 0 Å². The summed E-state index contributed by atoms with van der Waals surface area (Å²) >= 11 is 0. The molecule has 1 aliphatic rings. The average Bonchev–Trinajstić information content (AvgIpc) is 3.26. The molecule has 18 heavy (non-hydrogen) atoms. The van der Waals surface area contributed by atoms with Crippen LogP contribution in [0.25, 0.3) is 0 Å². The third-order valence-corrected chi connectivity index (χ3v) is 2.94. The topological polar surface area (TPSA) is 46.1 Å². The molecule has 0 radical (unpaired) electrons. The van der Waals surface area contributed by atoms with Crippen molar-refractivity contribution in [2.24, 2.45) is 0 Å². The van der Waals surface area contributed by atoms with Gasteiger partial charge in [0.25, 0.3) is 5.91 Å². The number of aromatic nitrogens is 2. The third kappa shape index (κ3) is 2.09. The van der Waals surface area contributed by atoms with Crippen molar-refractivity contribution in [1.29, 1.82) is 0 Å². The Kier molecular flexibility index (Phi) is 2.76. The summed E-state index contributed by atoms with van der Waals surface area (Å²) in [6, 6.07) is 9.46. The van der Waals surface area contributed by atoms with Crippen molar-refractivity contribution in [2.75, 3.05) is 4.90 Å². The normalized spacial score (nSPS) is 14.2. The minimum absolute atomic E-state index is 0.0238. The number of nitrogens with zero attached hydrogens (tertiary/aromatic N) is 3. The Balaban J connectivity index is 1.94. The number of amides is 1. The van der Waals surface area contributed by atoms with Crippen LogP contribution in [-0.2, 0) is 0 Å². The average molecular weight is 239 g/mol. The third-order valence-electron chi connectivity index (χ3n) is 2.94. The lowest BCUT2D eigenvalue weighted by Gasteiger charge is -2.21. The highest BCUT2D eigenvalue weighted by molar-refractivity contribution is 6.06. The minimum atomic E-state index is -0.0238. The molecular weight excluding hydrogens is 226 g/mol. The Hall–Kier alpha value is -2.23. The van der Waals surface area contributed by atoms with Gasteiger partial charge in [0.05, 0.1) is 5.56 Å². The predicted molar refractivity (Wildman–Crippen MR) is 68.3 cm³/mol. The molecule has 2 aromatic rings. The summed E-state index contributed by atoms with van der Waals surface area (Å²) in [5, 5.41) is 0. The van der Waals surface area contributed by atoms with Gasteiger partial charge in [-0.3, -0.25) is 14.7 Å². The number of carbonyl (C=O) groups is 1. The summed E-state index contributed by atoms with van der Waals surface area (Å²) in [6.45, 7) is 0. The first kappa shape index (κ1) is 10.9. The van der Waals surface area contributed by atoms with Crippen LogP contribution < -0.4 is 4.90 Å². The lowest BCUT2D eigenvalue weighted by molar-refractivity contribution is 0.0984. The van der Waals surface area contributed by atoms with E-state index in [9.17, 15) is 4.79 Å². The zero-order chi connectivity index (χ0) is 12.4. The molecule has 0 saturated heterocycles. The fourth-order valence-electron chi connectivity index (χ4n) is 1.91. The second-order valence-electron chi connectivity index (χ2n) is 4.34. The smallest absolute Gasteiger partial charge is 0.261 e. The SMILES string of the molecule is O=C(c1cccnc1)N(c1ccccn1)C1CC1. The molecule has 2 heterocycles. The second kappa shape index (κ2) is 4.56.